The Labute approximate surface area is 137 Å². The number of rotatable bonds is 3. The maximum Gasteiger partial charge on any atom is 0.194 e. The normalized spacial score (nSPS) is 15.5. The highest BCUT2D eigenvalue weighted by Crippen LogP contribution is 2.21. The Morgan fingerprint density at radius 1 is 1.26 bits per heavy atom. The summed E-state index contributed by atoms with van der Waals surface area (Å²) in [6.07, 6.45) is 5.15. The Balaban J connectivity index is 1.61. The van der Waals surface area contributed by atoms with Crippen LogP contribution in [-0.2, 0) is 13.6 Å². The third-order valence-corrected chi connectivity index (χ3v) is 4.22. The van der Waals surface area contributed by atoms with Crippen molar-refractivity contribution in [2.45, 2.75) is 13.0 Å². The third kappa shape index (κ3) is 3.62. The molecule has 1 aliphatic heterocycles. The van der Waals surface area contributed by atoms with E-state index in [1.165, 1.54) is 11.1 Å². The van der Waals surface area contributed by atoms with Crippen LogP contribution in [0.1, 0.15) is 17.7 Å². The first-order valence-corrected chi connectivity index (χ1v) is 7.95. The van der Waals surface area contributed by atoms with Gasteiger partial charge in [0.25, 0.3) is 0 Å². The summed E-state index contributed by atoms with van der Waals surface area (Å²) in [5.41, 5.74) is 3.89. The molecule has 2 aromatic rings. The predicted octanol–water partition coefficient (Wildman–Crippen LogP) is 2.28. The quantitative estimate of drug-likeness (QED) is 0.699. The van der Waals surface area contributed by atoms with Crippen molar-refractivity contribution in [3.05, 3.63) is 59.9 Å². The molecule has 0 saturated carbocycles. The van der Waals surface area contributed by atoms with Crippen LogP contribution in [0.2, 0.25) is 0 Å². The summed E-state index contributed by atoms with van der Waals surface area (Å²) in [5.74, 6) is 0.939. The highest BCUT2D eigenvalue weighted by Gasteiger charge is 2.16. The average molecular weight is 309 g/mol. The molecule has 0 unspecified atom stereocenters. The maximum atomic E-state index is 4.41. The van der Waals surface area contributed by atoms with Crippen molar-refractivity contribution in [1.82, 2.24) is 20.0 Å². The van der Waals surface area contributed by atoms with Crippen molar-refractivity contribution in [2.24, 2.45) is 12.0 Å². The zero-order chi connectivity index (χ0) is 16.1. The van der Waals surface area contributed by atoms with Crippen LogP contribution in [0.15, 0.2) is 53.7 Å². The smallest absolute Gasteiger partial charge is 0.194 e. The minimum absolute atomic E-state index is 0.731. The second-order valence-electron chi connectivity index (χ2n) is 5.64. The van der Waals surface area contributed by atoms with E-state index in [0.29, 0.717) is 0 Å². The van der Waals surface area contributed by atoms with Crippen molar-refractivity contribution in [1.29, 1.82) is 0 Å². The molecule has 1 aliphatic rings. The molecular formula is C18H23N5. The van der Waals surface area contributed by atoms with Crippen LogP contribution in [-0.4, -0.2) is 40.8 Å². The van der Waals surface area contributed by atoms with E-state index >= 15 is 0 Å². The minimum atomic E-state index is 0.731. The molecule has 0 saturated heterocycles. The number of aryl methyl sites for hydroxylation is 1. The Hall–Kier alpha value is -2.56. The molecule has 0 spiro atoms. The van der Waals surface area contributed by atoms with Gasteiger partial charge in [0.15, 0.2) is 5.96 Å². The zero-order valence-electron chi connectivity index (χ0n) is 13.7. The molecule has 0 bridgehead atoms. The minimum Gasteiger partial charge on any atom is -0.351 e. The average Bonchev–Trinajstić information content (AvgIpc) is 3.02. The maximum absolute atomic E-state index is 4.41. The Kier molecular flexibility index (Phi) is 4.76. The summed E-state index contributed by atoms with van der Waals surface area (Å²) in [7, 11) is 3.79. The van der Waals surface area contributed by atoms with Crippen molar-refractivity contribution in [3.63, 3.8) is 0 Å². The van der Waals surface area contributed by atoms with Crippen molar-refractivity contribution < 1.29 is 0 Å². The predicted molar refractivity (Wildman–Crippen MR) is 94.0 cm³/mol. The molecule has 5 nitrogen and oxygen atoms in total. The van der Waals surface area contributed by atoms with Gasteiger partial charge in [-0.15, -0.1) is 0 Å². The molecule has 120 valence electrons. The van der Waals surface area contributed by atoms with Gasteiger partial charge in [-0.25, -0.2) is 0 Å². The lowest BCUT2D eigenvalue weighted by Crippen LogP contribution is -2.43. The molecule has 0 amide bonds. The van der Waals surface area contributed by atoms with E-state index in [9.17, 15) is 0 Å². The van der Waals surface area contributed by atoms with Crippen LogP contribution in [0, 0.1) is 0 Å². The fourth-order valence-corrected chi connectivity index (χ4v) is 2.85. The lowest BCUT2D eigenvalue weighted by atomic mass is 10.00. The second kappa shape index (κ2) is 7.13. The van der Waals surface area contributed by atoms with Gasteiger partial charge in [0.2, 0.25) is 0 Å². The van der Waals surface area contributed by atoms with Crippen LogP contribution in [0.3, 0.4) is 0 Å². The van der Waals surface area contributed by atoms with Crippen LogP contribution in [0.25, 0.3) is 5.57 Å². The van der Waals surface area contributed by atoms with E-state index in [1.54, 1.807) is 0 Å². The number of hydrogen-bond acceptors (Lipinski definition) is 2. The van der Waals surface area contributed by atoms with Crippen LogP contribution in [0.5, 0.6) is 0 Å². The molecule has 23 heavy (non-hydrogen) atoms. The van der Waals surface area contributed by atoms with Crippen LogP contribution >= 0.6 is 0 Å². The Bertz CT molecular complexity index is 699. The van der Waals surface area contributed by atoms with E-state index in [1.807, 2.05) is 31.0 Å². The molecule has 1 aromatic carbocycles. The van der Waals surface area contributed by atoms with E-state index in [4.69, 9.17) is 0 Å². The summed E-state index contributed by atoms with van der Waals surface area (Å²) < 4.78 is 1.88. The number of guanidine groups is 1. The molecule has 5 heteroatoms. The molecule has 3 rings (SSSR count). The van der Waals surface area contributed by atoms with Gasteiger partial charge in [-0.3, -0.25) is 9.67 Å². The first-order valence-electron chi connectivity index (χ1n) is 7.95. The van der Waals surface area contributed by atoms with Gasteiger partial charge in [-0.2, -0.15) is 5.10 Å². The lowest BCUT2D eigenvalue weighted by Gasteiger charge is -2.29. The van der Waals surface area contributed by atoms with Gasteiger partial charge in [-0.05, 0) is 23.6 Å². The van der Waals surface area contributed by atoms with Gasteiger partial charge >= 0.3 is 0 Å². The number of hydrogen-bond donors (Lipinski definition) is 1. The number of nitrogens with one attached hydrogen (secondary N) is 1. The molecule has 0 fully saturated rings. The second-order valence-corrected chi connectivity index (χ2v) is 5.64. The number of aromatic nitrogens is 2. The summed E-state index contributed by atoms with van der Waals surface area (Å²) in [6, 6.07) is 12.6. The number of nitrogens with zero attached hydrogens (tertiary/aromatic N) is 4. The molecule has 0 atom stereocenters. The fraction of sp³-hybridized carbons (Fsp3) is 0.333. The summed E-state index contributed by atoms with van der Waals surface area (Å²) in [4.78, 5) is 6.69. The summed E-state index contributed by atoms with van der Waals surface area (Å²) >= 11 is 0. The molecule has 0 radical (unpaired) electrons. The largest absolute Gasteiger partial charge is 0.351 e. The van der Waals surface area contributed by atoms with E-state index in [0.717, 1.165) is 37.7 Å². The summed E-state index contributed by atoms with van der Waals surface area (Å²) in [5, 5.41) is 7.61. The SMILES string of the molecule is CN=C(NCc1ccnn1C)N1CC=C(c2ccccc2)CC1. The third-order valence-electron chi connectivity index (χ3n) is 4.22. The first kappa shape index (κ1) is 15.3. The number of aliphatic imine (C=N–C) groups is 1. The zero-order valence-corrected chi connectivity index (χ0v) is 13.7. The van der Waals surface area contributed by atoms with Crippen molar-refractivity contribution >= 4 is 11.5 Å². The van der Waals surface area contributed by atoms with Crippen molar-refractivity contribution in [2.75, 3.05) is 20.1 Å². The lowest BCUT2D eigenvalue weighted by molar-refractivity contribution is 0.438. The van der Waals surface area contributed by atoms with Gasteiger partial charge < -0.3 is 10.2 Å². The van der Waals surface area contributed by atoms with E-state index in [-0.39, 0.29) is 0 Å². The fourth-order valence-electron chi connectivity index (χ4n) is 2.85. The molecular weight excluding hydrogens is 286 g/mol. The van der Waals surface area contributed by atoms with Gasteiger partial charge in [-0.1, -0.05) is 36.4 Å². The molecule has 2 heterocycles. The Morgan fingerprint density at radius 3 is 2.70 bits per heavy atom. The first-order chi connectivity index (χ1) is 11.3. The molecule has 0 aliphatic carbocycles. The topological polar surface area (TPSA) is 45.5 Å². The Morgan fingerprint density at radius 2 is 2.09 bits per heavy atom. The highest BCUT2D eigenvalue weighted by atomic mass is 15.3. The number of benzene rings is 1. The van der Waals surface area contributed by atoms with E-state index < -0.39 is 0 Å². The van der Waals surface area contributed by atoms with Gasteiger partial charge in [0.05, 0.1) is 12.2 Å². The summed E-state index contributed by atoms with van der Waals surface area (Å²) in [6.45, 7) is 2.59. The monoisotopic (exact) mass is 309 g/mol. The van der Waals surface area contributed by atoms with Crippen LogP contribution < -0.4 is 5.32 Å². The molecule has 1 N–H and O–H groups in total. The highest BCUT2D eigenvalue weighted by molar-refractivity contribution is 5.81. The van der Waals surface area contributed by atoms with Crippen molar-refractivity contribution in [3.8, 4) is 0 Å². The van der Waals surface area contributed by atoms with Gasteiger partial charge in [0.1, 0.15) is 0 Å². The van der Waals surface area contributed by atoms with Crippen LogP contribution in [0.4, 0.5) is 0 Å². The standard InChI is InChI=1S/C18H23N5/c1-19-18(20-14-17-8-11-21-22(17)2)23-12-9-16(10-13-23)15-6-4-3-5-7-15/h3-9,11H,10,12-14H2,1-2H3,(H,19,20). The molecule has 1 aromatic heterocycles. The van der Waals surface area contributed by atoms with E-state index in [2.05, 4.69) is 56.7 Å². The van der Waals surface area contributed by atoms with Gasteiger partial charge in [0, 0.05) is 33.4 Å².